The molecule has 0 saturated heterocycles. The molecule has 0 saturated carbocycles. The summed E-state index contributed by atoms with van der Waals surface area (Å²) in [5.41, 5.74) is 1.71. The second kappa shape index (κ2) is 8.41. The second-order valence-electron chi connectivity index (χ2n) is 5.38. The van der Waals surface area contributed by atoms with E-state index in [0.717, 1.165) is 17.7 Å². The van der Waals surface area contributed by atoms with Crippen molar-refractivity contribution in [1.29, 1.82) is 0 Å². The van der Waals surface area contributed by atoms with Crippen LogP contribution >= 0.6 is 23.2 Å². The number of oxime groups is 1. The number of rotatable bonds is 6. The van der Waals surface area contributed by atoms with Crippen molar-refractivity contribution < 1.29 is 9.63 Å². The molecule has 0 bridgehead atoms. The first-order chi connectivity index (χ1) is 11.0. The Morgan fingerprint density at radius 2 is 2.17 bits per heavy atom. The summed E-state index contributed by atoms with van der Waals surface area (Å²) in [6.45, 7) is 5.75. The molecule has 2 amide bonds. The lowest BCUT2D eigenvalue weighted by molar-refractivity contribution is 0.0606. The molecule has 1 N–H and O–H groups in total. The smallest absolute Gasteiger partial charge is 0.317 e. The highest BCUT2D eigenvalue weighted by molar-refractivity contribution is 6.42. The van der Waals surface area contributed by atoms with Crippen LogP contribution in [0.2, 0.25) is 10.0 Å². The van der Waals surface area contributed by atoms with Crippen LogP contribution in [-0.2, 0) is 4.84 Å². The number of urea groups is 1. The summed E-state index contributed by atoms with van der Waals surface area (Å²) in [6.07, 6.45) is 1.38. The van der Waals surface area contributed by atoms with Gasteiger partial charge in [0.15, 0.2) is 6.10 Å². The standard InChI is InChI=1S/C16H21Cl2N3O2/c1-3-7-21(16(22)19-4-2)10-12-9-15(20-23-12)11-5-6-13(17)14(18)8-11/h5-6,8,12H,3-4,7,9-10H2,1-2H3,(H,19,22). The Morgan fingerprint density at radius 3 is 2.83 bits per heavy atom. The van der Waals surface area contributed by atoms with Crippen molar-refractivity contribution in [1.82, 2.24) is 10.2 Å². The Morgan fingerprint density at radius 1 is 1.39 bits per heavy atom. The molecule has 1 aliphatic heterocycles. The van der Waals surface area contributed by atoms with Gasteiger partial charge in [-0.25, -0.2) is 4.79 Å². The zero-order chi connectivity index (χ0) is 16.8. The summed E-state index contributed by atoms with van der Waals surface area (Å²) in [6, 6.07) is 5.32. The van der Waals surface area contributed by atoms with Crippen LogP contribution in [-0.4, -0.2) is 42.4 Å². The van der Waals surface area contributed by atoms with Crippen molar-refractivity contribution in [2.24, 2.45) is 5.16 Å². The molecule has 0 radical (unpaired) electrons. The Bertz CT molecular complexity index is 593. The van der Waals surface area contributed by atoms with Gasteiger partial charge in [0.05, 0.1) is 22.3 Å². The Kier molecular flexibility index (Phi) is 6.54. The molecule has 0 fully saturated rings. The number of hydrogen-bond acceptors (Lipinski definition) is 3. The van der Waals surface area contributed by atoms with Gasteiger partial charge in [-0.05, 0) is 25.5 Å². The van der Waals surface area contributed by atoms with E-state index in [1.54, 1.807) is 17.0 Å². The maximum Gasteiger partial charge on any atom is 0.317 e. The molecule has 1 aromatic carbocycles. The average Bonchev–Trinajstić information content (AvgIpc) is 2.98. The fourth-order valence-corrected chi connectivity index (χ4v) is 2.73. The normalized spacial score (nSPS) is 16.7. The molecule has 23 heavy (non-hydrogen) atoms. The highest BCUT2D eigenvalue weighted by Gasteiger charge is 2.26. The molecule has 0 spiro atoms. The van der Waals surface area contributed by atoms with Crippen LogP contribution in [0.3, 0.4) is 0 Å². The Labute approximate surface area is 146 Å². The van der Waals surface area contributed by atoms with E-state index in [1.165, 1.54) is 0 Å². The third-order valence-corrected chi connectivity index (χ3v) is 4.26. The lowest BCUT2D eigenvalue weighted by atomic mass is 10.0. The fourth-order valence-electron chi connectivity index (χ4n) is 2.43. The van der Waals surface area contributed by atoms with E-state index in [9.17, 15) is 4.79 Å². The van der Waals surface area contributed by atoms with E-state index in [4.69, 9.17) is 28.0 Å². The van der Waals surface area contributed by atoms with Crippen molar-refractivity contribution >= 4 is 34.9 Å². The van der Waals surface area contributed by atoms with Crippen molar-refractivity contribution in [2.75, 3.05) is 19.6 Å². The molecule has 1 unspecified atom stereocenters. The van der Waals surface area contributed by atoms with E-state index in [2.05, 4.69) is 10.5 Å². The van der Waals surface area contributed by atoms with E-state index < -0.39 is 0 Å². The molecular formula is C16H21Cl2N3O2. The summed E-state index contributed by atoms with van der Waals surface area (Å²) in [5, 5.41) is 7.96. The van der Waals surface area contributed by atoms with Crippen LogP contribution in [0.4, 0.5) is 4.79 Å². The summed E-state index contributed by atoms with van der Waals surface area (Å²) in [5.74, 6) is 0. The number of nitrogens with zero attached hydrogens (tertiary/aromatic N) is 2. The van der Waals surface area contributed by atoms with Gasteiger partial charge in [0.1, 0.15) is 0 Å². The van der Waals surface area contributed by atoms with E-state index in [-0.39, 0.29) is 12.1 Å². The summed E-state index contributed by atoms with van der Waals surface area (Å²) in [7, 11) is 0. The number of carbonyl (C=O) groups excluding carboxylic acids is 1. The third-order valence-electron chi connectivity index (χ3n) is 3.52. The predicted octanol–water partition coefficient (Wildman–Crippen LogP) is 3.93. The molecule has 1 heterocycles. The van der Waals surface area contributed by atoms with Crippen LogP contribution in [0, 0.1) is 0 Å². The van der Waals surface area contributed by atoms with Gasteiger partial charge < -0.3 is 15.1 Å². The minimum absolute atomic E-state index is 0.0686. The number of hydrogen-bond donors (Lipinski definition) is 1. The minimum atomic E-state index is -0.145. The SMILES string of the molecule is CCCN(CC1CC(c2ccc(Cl)c(Cl)c2)=NO1)C(=O)NCC. The van der Waals surface area contributed by atoms with Gasteiger partial charge in [0.2, 0.25) is 0 Å². The van der Waals surface area contributed by atoms with Crippen LogP contribution in [0.25, 0.3) is 0 Å². The monoisotopic (exact) mass is 357 g/mol. The molecule has 1 aliphatic rings. The van der Waals surface area contributed by atoms with Crippen molar-refractivity contribution in [3.8, 4) is 0 Å². The number of amides is 2. The van der Waals surface area contributed by atoms with Gasteiger partial charge in [-0.2, -0.15) is 0 Å². The number of carbonyl (C=O) groups is 1. The minimum Gasteiger partial charge on any atom is -0.390 e. The molecule has 0 aromatic heterocycles. The third kappa shape index (κ3) is 4.75. The largest absolute Gasteiger partial charge is 0.390 e. The Hall–Kier alpha value is -1.46. The Balaban J connectivity index is 1.97. The first-order valence-corrected chi connectivity index (χ1v) is 8.51. The van der Waals surface area contributed by atoms with Crippen LogP contribution in [0.15, 0.2) is 23.4 Å². The zero-order valence-electron chi connectivity index (χ0n) is 13.3. The number of benzene rings is 1. The molecule has 126 valence electrons. The molecule has 1 aromatic rings. The summed E-state index contributed by atoms with van der Waals surface area (Å²) in [4.78, 5) is 19.3. The van der Waals surface area contributed by atoms with Gasteiger partial charge in [-0.3, -0.25) is 0 Å². The average molecular weight is 358 g/mol. The van der Waals surface area contributed by atoms with Gasteiger partial charge in [-0.1, -0.05) is 41.3 Å². The fraction of sp³-hybridized carbons (Fsp3) is 0.500. The van der Waals surface area contributed by atoms with E-state index in [1.807, 2.05) is 19.9 Å². The van der Waals surface area contributed by atoms with Crippen molar-refractivity contribution in [3.05, 3.63) is 33.8 Å². The summed E-state index contributed by atoms with van der Waals surface area (Å²) >= 11 is 12.0. The molecule has 2 rings (SSSR count). The predicted molar refractivity (Wildman–Crippen MR) is 93.4 cm³/mol. The van der Waals surface area contributed by atoms with Crippen LogP contribution < -0.4 is 5.32 Å². The lowest BCUT2D eigenvalue weighted by Crippen LogP contribution is -2.44. The zero-order valence-corrected chi connectivity index (χ0v) is 14.8. The highest BCUT2D eigenvalue weighted by Crippen LogP contribution is 2.25. The van der Waals surface area contributed by atoms with Gasteiger partial charge >= 0.3 is 6.03 Å². The second-order valence-corrected chi connectivity index (χ2v) is 6.19. The van der Waals surface area contributed by atoms with Crippen LogP contribution in [0.5, 0.6) is 0 Å². The van der Waals surface area contributed by atoms with Crippen molar-refractivity contribution in [3.63, 3.8) is 0 Å². The molecule has 5 nitrogen and oxygen atoms in total. The van der Waals surface area contributed by atoms with Gasteiger partial charge in [0, 0.05) is 25.1 Å². The molecule has 7 heteroatoms. The number of nitrogens with one attached hydrogen (secondary N) is 1. The van der Waals surface area contributed by atoms with Gasteiger partial charge in [0.25, 0.3) is 0 Å². The molecule has 0 aliphatic carbocycles. The summed E-state index contributed by atoms with van der Waals surface area (Å²) < 4.78 is 0. The lowest BCUT2D eigenvalue weighted by Gasteiger charge is -2.24. The first kappa shape index (κ1) is 17.9. The first-order valence-electron chi connectivity index (χ1n) is 7.76. The molecular weight excluding hydrogens is 337 g/mol. The maximum absolute atomic E-state index is 12.0. The van der Waals surface area contributed by atoms with E-state index in [0.29, 0.717) is 36.1 Å². The van der Waals surface area contributed by atoms with E-state index >= 15 is 0 Å². The van der Waals surface area contributed by atoms with Crippen LogP contribution in [0.1, 0.15) is 32.3 Å². The van der Waals surface area contributed by atoms with Gasteiger partial charge in [-0.15, -0.1) is 0 Å². The topological polar surface area (TPSA) is 53.9 Å². The maximum atomic E-state index is 12.0. The van der Waals surface area contributed by atoms with Crippen molar-refractivity contribution in [2.45, 2.75) is 32.8 Å². The highest BCUT2D eigenvalue weighted by atomic mass is 35.5. The number of halogens is 2. The molecule has 1 atom stereocenters. The quantitative estimate of drug-likeness (QED) is 0.838.